The SMILES string of the molecule is Cn1cc(NS(=O)(=O)c2cnn3c2OCC(C)(C)C3)ccc1=O. The van der Waals surface area contributed by atoms with Crippen LogP contribution in [0.2, 0.25) is 0 Å². The highest BCUT2D eigenvalue weighted by Crippen LogP contribution is 2.33. The Bertz CT molecular complexity index is 911. The number of anilines is 1. The third-order valence-electron chi connectivity index (χ3n) is 3.56. The summed E-state index contributed by atoms with van der Waals surface area (Å²) in [6.45, 7) is 5.04. The molecule has 124 valence electrons. The molecule has 3 rings (SSSR count). The third kappa shape index (κ3) is 2.96. The molecule has 0 atom stereocenters. The summed E-state index contributed by atoms with van der Waals surface area (Å²) in [5.41, 5.74) is -0.0322. The molecule has 8 nitrogen and oxygen atoms in total. The molecule has 1 aliphatic rings. The molecule has 1 aliphatic heterocycles. The van der Waals surface area contributed by atoms with Crippen molar-refractivity contribution < 1.29 is 13.2 Å². The summed E-state index contributed by atoms with van der Waals surface area (Å²) >= 11 is 0. The summed E-state index contributed by atoms with van der Waals surface area (Å²) in [6.07, 6.45) is 2.70. The fourth-order valence-corrected chi connectivity index (χ4v) is 3.50. The first-order chi connectivity index (χ1) is 10.7. The average Bonchev–Trinajstić information content (AvgIpc) is 2.85. The molecular weight excluding hydrogens is 320 g/mol. The van der Waals surface area contributed by atoms with Crippen LogP contribution in [0.15, 0.2) is 34.2 Å². The quantitative estimate of drug-likeness (QED) is 0.893. The van der Waals surface area contributed by atoms with Crippen molar-refractivity contribution in [1.29, 1.82) is 0 Å². The van der Waals surface area contributed by atoms with E-state index >= 15 is 0 Å². The molecule has 2 aromatic rings. The maximum absolute atomic E-state index is 12.6. The van der Waals surface area contributed by atoms with Gasteiger partial charge < -0.3 is 9.30 Å². The highest BCUT2D eigenvalue weighted by atomic mass is 32.2. The number of nitrogens with one attached hydrogen (secondary N) is 1. The number of sulfonamides is 1. The molecule has 2 aromatic heterocycles. The van der Waals surface area contributed by atoms with Crippen molar-refractivity contribution in [3.05, 3.63) is 34.9 Å². The van der Waals surface area contributed by atoms with E-state index in [1.165, 1.54) is 29.1 Å². The lowest BCUT2D eigenvalue weighted by atomic mass is 9.94. The molecule has 0 amide bonds. The number of hydrogen-bond acceptors (Lipinski definition) is 5. The lowest BCUT2D eigenvalue weighted by Crippen LogP contribution is -2.33. The lowest BCUT2D eigenvalue weighted by Gasteiger charge is -2.30. The first kappa shape index (κ1) is 15.6. The molecule has 0 spiro atoms. The zero-order valence-electron chi connectivity index (χ0n) is 13.1. The van der Waals surface area contributed by atoms with Crippen molar-refractivity contribution in [1.82, 2.24) is 14.3 Å². The molecule has 0 saturated heterocycles. The highest BCUT2D eigenvalue weighted by molar-refractivity contribution is 7.92. The Morgan fingerprint density at radius 3 is 2.78 bits per heavy atom. The van der Waals surface area contributed by atoms with Crippen LogP contribution in [-0.4, -0.2) is 29.4 Å². The van der Waals surface area contributed by atoms with Gasteiger partial charge in [0.25, 0.3) is 10.0 Å². The van der Waals surface area contributed by atoms with Crippen LogP contribution in [0.3, 0.4) is 0 Å². The summed E-state index contributed by atoms with van der Waals surface area (Å²) in [6, 6.07) is 2.71. The summed E-state index contributed by atoms with van der Waals surface area (Å²) in [5, 5.41) is 4.11. The molecule has 0 fully saturated rings. The van der Waals surface area contributed by atoms with Gasteiger partial charge in [0.1, 0.15) is 0 Å². The zero-order valence-corrected chi connectivity index (χ0v) is 13.9. The molecule has 3 heterocycles. The molecule has 0 aliphatic carbocycles. The topological polar surface area (TPSA) is 95.2 Å². The Hall–Kier alpha value is -2.29. The van der Waals surface area contributed by atoms with Crippen LogP contribution in [-0.2, 0) is 23.6 Å². The predicted molar refractivity (Wildman–Crippen MR) is 84.0 cm³/mol. The summed E-state index contributed by atoms with van der Waals surface area (Å²) in [4.78, 5) is 11.4. The van der Waals surface area contributed by atoms with Crippen LogP contribution in [0.4, 0.5) is 5.69 Å². The summed E-state index contributed by atoms with van der Waals surface area (Å²) in [7, 11) is -2.30. The van der Waals surface area contributed by atoms with Crippen molar-refractivity contribution in [2.24, 2.45) is 12.5 Å². The minimum atomic E-state index is -3.85. The fraction of sp³-hybridized carbons (Fsp3) is 0.429. The standard InChI is InChI=1S/C14H18N4O4S/c1-14(2)8-18-13(22-9-14)11(6-15-18)23(20,21)16-10-4-5-12(19)17(3)7-10/h4-7,16H,8-9H2,1-3H3. The van der Waals surface area contributed by atoms with E-state index in [4.69, 9.17) is 4.74 Å². The van der Waals surface area contributed by atoms with Gasteiger partial charge >= 0.3 is 0 Å². The molecule has 9 heteroatoms. The zero-order chi connectivity index (χ0) is 16.8. The number of aryl methyl sites for hydroxylation is 1. The van der Waals surface area contributed by atoms with Gasteiger partial charge in [-0.15, -0.1) is 0 Å². The van der Waals surface area contributed by atoms with E-state index in [9.17, 15) is 13.2 Å². The lowest BCUT2D eigenvalue weighted by molar-refractivity contribution is 0.0971. The van der Waals surface area contributed by atoms with Crippen LogP contribution < -0.4 is 15.0 Å². The van der Waals surface area contributed by atoms with Crippen molar-refractivity contribution >= 4 is 15.7 Å². The summed E-state index contributed by atoms with van der Waals surface area (Å²) in [5.74, 6) is 0.238. The first-order valence-electron chi connectivity index (χ1n) is 7.06. The maximum atomic E-state index is 12.6. The van der Waals surface area contributed by atoms with Gasteiger partial charge in [0.15, 0.2) is 4.90 Å². The first-order valence-corrected chi connectivity index (χ1v) is 8.54. The van der Waals surface area contributed by atoms with E-state index < -0.39 is 10.0 Å². The predicted octanol–water partition coefficient (Wildman–Crippen LogP) is 0.801. The van der Waals surface area contributed by atoms with Gasteiger partial charge in [-0.1, -0.05) is 13.8 Å². The Balaban J connectivity index is 1.93. The molecular formula is C14H18N4O4S. The van der Waals surface area contributed by atoms with Crippen LogP contribution in [0.1, 0.15) is 13.8 Å². The van der Waals surface area contributed by atoms with Crippen LogP contribution in [0.5, 0.6) is 5.88 Å². The number of nitrogens with zero attached hydrogens (tertiary/aromatic N) is 3. The highest BCUT2D eigenvalue weighted by Gasteiger charge is 2.33. The number of pyridine rings is 1. The second kappa shape index (κ2) is 5.12. The molecule has 0 unspecified atom stereocenters. The maximum Gasteiger partial charge on any atom is 0.268 e. The van der Waals surface area contributed by atoms with Gasteiger partial charge in [-0.2, -0.15) is 5.10 Å². The van der Waals surface area contributed by atoms with Gasteiger partial charge in [-0.3, -0.25) is 9.52 Å². The number of hydrogen-bond donors (Lipinski definition) is 1. The van der Waals surface area contributed by atoms with Gasteiger partial charge in [0.05, 0.1) is 25.0 Å². The van der Waals surface area contributed by atoms with E-state index in [2.05, 4.69) is 9.82 Å². The number of rotatable bonds is 3. The second-order valence-electron chi connectivity index (χ2n) is 6.40. The van der Waals surface area contributed by atoms with Gasteiger partial charge in [0, 0.05) is 24.7 Å². The minimum Gasteiger partial charge on any atom is -0.476 e. The third-order valence-corrected chi connectivity index (χ3v) is 4.93. The minimum absolute atomic E-state index is 0.0122. The molecule has 0 radical (unpaired) electrons. The van der Waals surface area contributed by atoms with Crippen molar-refractivity contribution in [3.63, 3.8) is 0 Å². The van der Waals surface area contributed by atoms with E-state index in [0.29, 0.717) is 18.8 Å². The molecule has 1 N–H and O–H groups in total. The molecule has 0 aromatic carbocycles. The van der Waals surface area contributed by atoms with Crippen LogP contribution in [0.25, 0.3) is 0 Å². The van der Waals surface area contributed by atoms with Crippen molar-refractivity contribution in [3.8, 4) is 5.88 Å². The monoisotopic (exact) mass is 338 g/mol. The van der Waals surface area contributed by atoms with E-state index in [1.54, 1.807) is 11.7 Å². The van der Waals surface area contributed by atoms with Gasteiger partial charge in [-0.05, 0) is 6.07 Å². The van der Waals surface area contributed by atoms with Gasteiger partial charge in [-0.25, -0.2) is 13.1 Å². The number of ether oxygens (including phenoxy) is 1. The van der Waals surface area contributed by atoms with E-state index in [-0.39, 0.29) is 21.7 Å². The Labute approximate surface area is 133 Å². The largest absolute Gasteiger partial charge is 0.476 e. The average molecular weight is 338 g/mol. The normalized spacial score (nSPS) is 16.5. The molecule has 23 heavy (non-hydrogen) atoms. The second-order valence-corrected chi connectivity index (χ2v) is 8.05. The molecule has 0 bridgehead atoms. The van der Waals surface area contributed by atoms with Crippen molar-refractivity contribution in [2.75, 3.05) is 11.3 Å². The molecule has 0 saturated carbocycles. The number of fused-ring (bicyclic) bond motifs is 1. The van der Waals surface area contributed by atoms with Crippen LogP contribution >= 0.6 is 0 Å². The Kier molecular flexibility index (Phi) is 3.47. The fourth-order valence-electron chi connectivity index (χ4n) is 2.38. The number of aromatic nitrogens is 3. The van der Waals surface area contributed by atoms with Crippen LogP contribution in [0, 0.1) is 5.41 Å². The van der Waals surface area contributed by atoms with E-state index in [0.717, 1.165) is 0 Å². The van der Waals surface area contributed by atoms with Crippen molar-refractivity contribution in [2.45, 2.75) is 25.3 Å². The van der Waals surface area contributed by atoms with E-state index in [1.807, 2.05) is 13.8 Å². The Morgan fingerprint density at radius 2 is 2.09 bits per heavy atom. The van der Waals surface area contributed by atoms with Gasteiger partial charge in [0.2, 0.25) is 11.4 Å². The Morgan fingerprint density at radius 1 is 1.35 bits per heavy atom. The summed E-state index contributed by atoms with van der Waals surface area (Å²) < 4.78 is 36.0. The smallest absolute Gasteiger partial charge is 0.268 e.